The standard InChI is InChI=1S/C24H24N4O5.C2H6.CH4O/c1-3-13-16-7-12(32-11-21(29)27-25)5-6-19(16)26-22-17(13)9-28-20(22)8-15-14(4-2)24(31)33-10-18(15)23(28)30;2*1-2/h5-8,14H,3-4,9-11,25H2,1-2H3,(H,27,29);1-2H3;2H,1H3. The van der Waals surface area contributed by atoms with E-state index in [1.165, 1.54) is 0 Å². The molecule has 1 amide bonds. The summed E-state index contributed by atoms with van der Waals surface area (Å²) < 4.78 is 12.5. The molecular weight excluding hydrogens is 476 g/mol. The largest absolute Gasteiger partial charge is 0.484 e. The lowest BCUT2D eigenvalue weighted by Gasteiger charge is -2.24. The summed E-state index contributed by atoms with van der Waals surface area (Å²) in [5.41, 5.74) is 7.54. The van der Waals surface area contributed by atoms with E-state index in [4.69, 9.17) is 25.4 Å². The third-order valence-electron chi connectivity index (χ3n) is 6.48. The normalized spacial score (nSPS) is 14.7. The molecule has 0 spiro atoms. The lowest BCUT2D eigenvalue weighted by Crippen LogP contribution is -2.34. The Morgan fingerprint density at radius 3 is 2.59 bits per heavy atom. The Morgan fingerprint density at radius 1 is 1.22 bits per heavy atom. The van der Waals surface area contributed by atoms with Crippen molar-refractivity contribution in [1.82, 2.24) is 15.0 Å². The van der Waals surface area contributed by atoms with E-state index >= 15 is 0 Å². The van der Waals surface area contributed by atoms with Gasteiger partial charge in [0.2, 0.25) is 0 Å². The number of cyclic esters (lactones) is 1. The van der Waals surface area contributed by atoms with Crippen molar-refractivity contribution in [3.05, 3.63) is 56.9 Å². The number of aromatic nitrogens is 2. The van der Waals surface area contributed by atoms with Gasteiger partial charge in [-0.3, -0.25) is 19.8 Å². The van der Waals surface area contributed by atoms with Crippen LogP contribution in [0.25, 0.3) is 22.3 Å². The minimum absolute atomic E-state index is 0.00718. The first-order valence-electron chi connectivity index (χ1n) is 12.4. The van der Waals surface area contributed by atoms with Gasteiger partial charge in [0, 0.05) is 18.1 Å². The number of carbonyl (C=O) groups is 2. The molecule has 198 valence electrons. The lowest BCUT2D eigenvalue weighted by atomic mass is 9.90. The van der Waals surface area contributed by atoms with Gasteiger partial charge in [0.25, 0.3) is 11.5 Å². The molecule has 0 aliphatic carbocycles. The van der Waals surface area contributed by atoms with Crippen LogP contribution in [0.3, 0.4) is 0 Å². The van der Waals surface area contributed by atoms with Crippen LogP contribution >= 0.6 is 0 Å². The van der Waals surface area contributed by atoms with Gasteiger partial charge in [-0.2, -0.15) is 0 Å². The third kappa shape index (κ3) is 4.94. The number of nitrogens with two attached hydrogens (primary N) is 1. The molecule has 1 aromatic carbocycles. The zero-order valence-electron chi connectivity index (χ0n) is 21.9. The van der Waals surface area contributed by atoms with Crippen LogP contribution in [0.15, 0.2) is 29.1 Å². The molecule has 0 radical (unpaired) electrons. The molecule has 0 fully saturated rings. The Morgan fingerprint density at radius 2 is 1.95 bits per heavy atom. The summed E-state index contributed by atoms with van der Waals surface area (Å²) in [5, 5.41) is 7.91. The molecule has 10 nitrogen and oxygen atoms in total. The fraction of sp³-hybridized carbons (Fsp3) is 0.407. The van der Waals surface area contributed by atoms with Gasteiger partial charge in [-0.15, -0.1) is 0 Å². The summed E-state index contributed by atoms with van der Waals surface area (Å²) in [6.07, 6.45) is 1.30. The number of hydrazine groups is 1. The molecule has 2 aromatic heterocycles. The predicted octanol–water partition coefficient (Wildman–Crippen LogP) is 2.54. The van der Waals surface area contributed by atoms with Crippen LogP contribution in [-0.2, 0) is 33.9 Å². The number of aliphatic hydroxyl groups is 1. The quantitative estimate of drug-likeness (QED) is 0.161. The summed E-state index contributed by atoms with van der Waals surface area (Å²) >= 11 is 0. The van der Waals surface area contributed by atoms with Crippen molar-refractivity contribution in [3.8, 4) is 17.1 Å². The van der Waals surface area contributed by atoms with Crippen LogP contribution in [0, 0.1) is 0 Å². The molecule has 4 heterocycles. The fourth-order valence-corrected chi connectivity index (χ4v) is 4.85. The summed E-state index contributed by atoms with van der Waals surface area (Å²) in [7, 11) is 1.00. The van der Waals surface area contributed by atoms with E-state index in [0.29, 0.717) is 24.3 Å². The molecule has 5 rings (SSSR count). The van der Waals surface area contributed by atoms with Crippen LogP contribution in [-0.4, -0.2) is 40.3 Å². The van der Waals surface area contributed by atoms with E-state index in [1.54, 1.807) is 10.6 Å². The van der Waals surface area contributed by atoms with Crippen molar-refractivity contribution in [2.24, 2.45) is 5.84 Å². The van der Waals surface area contributed by atoms with E-state index in [1.807, 2.05) is 44.4 Å². The first-order chi connectivity index (χ1) is 18.0. The average molecular weight is 511 g/mol. The van der Waals surface area contributed by atoms with Crippen molar-refractivity contribution in [3.63, 3.8) is 0 Å². The SMILES string of the molecule is CC.CCc1c2c(nc3ccc(OCC(=O)NN)cc13)-c1cc3c(c(=O)n1C2)COC(=O)C3CC.CO. The van der Waals surface area contributed by atoms with Gasteiger partial charge < -0.3 is 19.1 Å². The maximum atomic E-state index is 13.3. The van der Waals surface area contributed by atoms with Crippen molar-refractivity contribution < 1.29 is 24.2 Å². The van der Waals surface area contributed by atoms with Gasteiger partial charge in [0.05, 0.1) is 34.9 Å². The number of fused-ring (bicyclic) bond motifs is 5. The smallest absolute Gasteiger partial charge is 0.313 e. The zero-order valence-corrected chi connectivity index (χ0v) is 21.9. The summed E-state index contributed by atoms with van der Waals surface area (Å²) in [6.45, 7) is 8.20. The van der Waals surface area contributed by atoms with Crippen LogP contribution in [0.4, 0.5) is 0 Å². The Hall–Kier alpha value is -3.76. The summed E-state index contributed by atoms with van der Waals surface area (Å²) in [6, 6.07) is 7.40. The molecule has 3 aromatic rings. The molecule has 10 heteroatoms. The number of aryl methyl sites for hydroxylation is 1. The highest BCUT2D eigenvalue weighted by molar-refractivity contribution is 5.89. The van der Waals surface area contributed by atoms with Gasteiger partial charge >= 0.3 is 5.97 Å². The van der Waals surface area contributed by atoms with Crippen LogP contribution in [0.2, 0.25) is 0 Å². The van der Waals surface area contributed by atoms with Crippen molar-refractivity contribution in [2.45, 2.75) is 59.6 Å². The zero-order chi connectivity index (χ0) is 27.3. The number of ether oxygens (including phenoxy) is 2. The molecule has 1 unspecified atom stereocenters. The van der Waals surface area contributed by atoms with Gasteiger partial charge in [-0.1, -0.05) is 27.7 Å². The molecule has 0 bridgehead atoms. The van der Waals surface area contributed by atoms with E-state index in [-0.39, 0.29) is 24.7 Å². The van der Waals surface area contributed by atoms with Gasteiger partial charge in [-0.05, 0) is 48.2 Å². The molecule has 2 aliphatic heterocycles. The van der Waals surface area contributed by atoms with Gasteiger partial charge in [0.15, 0.2) is 6.61 Å². The van der Waals surface area contributed by atoms with E-state index in [0.717, 1.165) is 52.5 Å². The molecule has 0 saturated carbocycles. The lowest BCUT2D eigenvalue weighted by molar-refractivity contribution is -0.148. The van der Waals surface area contributed by atoms with Gasteiger partial charge in [-0.25, -0.2) is 10.8 Å². The summed E-state index contributed by atoms with van der Waals surface area (Å²) in [5.74, 6) is 4.50. The van der Waals surface area contributed by atoms with E-state index < -0.39 is 11.8 Å². The number of esters is 1. The number of nitrogens with one attached hydrogen (secondary N) is 1. The number of rotatable bonds is 5. The highest BCUT2D eigenvalue weighted by Crippen LogP contribution is 2.39. The number of hydrogen-bond acceptors (Lipinski definition) is 8. The average Bonchev–Trinajstić information content (AvgIpc) is 3.30. The second kappa shape index (κ2) is 12.0. The van der Waals surface area contributed by atoms with Crippen LogP contribution < -0.4 is 21.6 Å². The number of amides is 1. The van der Waals surface area contributed by atoms with E-state index in [2.05, 4.69) is 6.92 Å². The van der Waals surface area contributed by atoms with Gasteiger partial charge in [0.1, 0.15) is 12.4 Å². The molecule has 37 heavy (non-hydrogen) atoms. The van der Waals surface area contributed by atoms with Crippen molar-refractivity contribution in [1.29, 1.82) is 0 Å². The second-order valence-corrected chi connectivity index (χ2v) is 8.23. The Labute approximate surface area is 215 Å². The molecule has 4 N–H and O–H groups in total. The predicted molar refractivity (Wildman–Crippen MR) is 140 cm³/mol. The first-order valence-corrected chi connectivity index (χ1v) is 12.4. The number of hydrogen-bond donors (Lipinski definition) is 3. The Balaban J connectivity index is 0.000000907. The number of pyridine rings is 2. The maximum Gasteiger partial charge on any atom is 0.313 e. The maximum absolute atomic E-state index is 13.3. The second-order valence-electron chi connectivity index (χ2n) is 8.23. The van der Waals surface area contributed by atoms with Crippen LogP contribution in [0.5, 0.6) is 5.75 Å². The van der Waals surface area contributed by atoms with Crippen molar-refractivity contribution >= 4 is 22.8 Å². The minimum Gasteiger partial charge on any atom is -0.484 e. The highest BCUT2D eigenvalue weighted by atomic mass is 16.5. The molecular formula is C27H34N4O6. The van der Waals surface area contributed by atoms with E-state index in [9.17, 15) is 14.4 Å². The van der Waals surface area contributed by atoms with Crippen LogP contribution in [0.1, 0.15) is 62.3 Å². The monoisotopic (exact) mass is 510 g/mol. The highest BCUT2D eigenvalue weighted by Gasteiger charge is 2.34. The molecule has 0 saturated heterocycles. The number of aliphatic hydroxyl groups excluding tert-OH is 1. The van der Waals surface area contributed by atoms with Crippen molar-refractivity contribution in [2.75, 3.05) is 13.7 Å². The summed E-state index contributed by atoms with van der Waals surface area (Å²) in [4.78, 5) is 41.9. The number of carbonyl (C=O) groups excluding carboxylic acids is 2. The Bertz CT molecular complexity index is 1380. The Kier molecular flexibility index (Phi) is 9.01. The molecule has 2 aliphatic rings. The number of nitrogens with zero attached hydrogens (tertiary/aromatic N) is 2. The topological polar surface area (TPSA) is 146 Å². The minimum atomic E-state index is -0.437. The fourth-order valence-electron chi connectivity index (χ4n) is 4.85. The molecule has 1 atom stereocenters. The third-order valence-corrected chi connectivity index (χ3v) is 6.48. The number of benzene rings is 1. The first kappa shape index (κ1) is 27.8.